The second-order valence-corrected chi connectivity index (χ2v) is 7.07. The van der Waals surface area contributed by atoms with Crippen molar-refractivity contribution in [3.05, 3.63) is 69.3 Å². The fourth-order valence-electron chi connectivity index (χ4n) is 1.86. The number of methoxy groups -OCH3 is 1. The molecule has 0 aliphatic heterocycles. The molecule has 0 bridgehead atoms. The molecule has 0 unspecified atom stereocenters. The fraction of sp³-hybridized carbons (Fsp3) is 0.0625. The molecule has 0 aromatic heterocycles. The van der Waals surface area contributed by atoms with Gasteiger partial charge in [-0.1, -0.05) is 18.2 Å². The Morgan fingerprint density at radius 2 is 1.96 bits per heavy atom. The van der Waals surface area contributed by atoms with Crippen LogP contribution in [-0.2, 0) is 10.0 Å². The van der Waals surface area contributed by atoms with Crippen molar-refractivity contribution in [1.29, 1.82) is 0 Å². The summed E-state index contributed by atoms with van der Waals surface area (Å²) in [5, 5.41) is 0.861. The van der Waals surface area contributed by atoms with Crippen molar-refractivity contribution >= 4 is 37.9 Å². The van der Waals surface area contributed by atoms with Gasteiger partial charge in [-0.25, -0.2) is 17.5 Å². The molecule has 0 aliphatic rings. The van der Waals surface area contributed by atoms with Crippen LogP contribution in [0.5, 0.6) is 5.75 Å². The highest BCUT2D eigenvalue weighted by Gasteiger charge is 2.16. The van der Waals surface area contributed by atoms with Crippen LogP contribution in [0.2, 0.25) is 0 Å². The van der Waals surface area contributed by atoms with Crippen molar-refractivity contribution in [1.82, 2.24) is 4.72 Å². The molecule has 0 heterocycles. The molecule has 2 rings (SSSR count). The van der Waals surface area contributed by atoms with E-state index in [4.69, 9.17) is 4.74 Å². The molecule has 0 fully saturated rings. The van der Waals surface area contributed by atoms with Crippen LogP contribution in [0.3, 0.4) is 0 Å². The smallest absolute Gasteiger partial charge is 0.266 e. The second-order valence-electron chi connectivity index (χ2n) is 4.65. The summed E-state index contributed by atoms with van der Waals surface area (Å²) < 4.78 is 44.2. The number of amides is 1. The van der Waals surface area contributed by atoms with E-state index in [-0.39, 0.29) is 10.0 Å². The Hall–Kier alpha value is -2.19. The number of para-hydroxylation sites is 1. The number of nitrogens with one attached hydrogen (secondary N) is 1. The molecule has 0 saturated heterocycles. The van der Waals surface area contributed by atoms with Gasteiger partial charge in [0.1, 0.15) is 11.6 Å². The molecule has 0 saturated carbocycles. The van der Waals surface area contributed by atoms with Crippen molar-refractivity contribution in [2.45, 2.75) is 0 Å². The van der Waals surface area contributed by atoms with Crippen molar-refractivity contribution in [2.24, 2.45) is 0 Å². The number of hydrogen-bond donors (Lipinski definition) is 1. The first-order valence-corrected chi connectivity index (χ1v) is 8.99. The minimum Gasteiger partial charge on any atom is -0.496 e. The second kappa shape index (κ2) is 7.59. The van der Waals surface area contributed by atoms with Gasteiger partial charge >= 0.3 is 0 Å². The molecule has 1 N–H and O–H groups in total. The summed E-state index contributed by atoms with van der Waals surface area (Å²) in [5.41, 5.74) is 0.548. The number of sulfonamides is 1. The summed E-state index contributed by atoms with van der Waals surface area (Å²) in [6.45, 7) is 0. The molecule has 24 heavy (non-hydrogen) atoms. The molecule has 8 heteroatoms. The van der Waals surface area contributed by atoms with Crippen LogP contribution in [0.15, 0.2) is 52.3 Å². The maximum Gasteiger partial charge on any atom is 0.266 e. The topological polar surface area (TPSA) is 72.5 Å². The zero-order valence-corrected chi connectivity index (χ0v) is 14.9. The van der Waals surface area contributed by atoms with Gasteiger partial charge in [0.25, 0.3) is 15.9 Å². The molecule has 2 aromatic rings. The van der Waals surface area contributed by atoms with Crippen LogP contribution in [0, 0.1) is 5.82 Å². The summed E-state index contributed by atoms with van der Waals surface area (Å²) >= 11 is 3.02. The lowest BCUT2D eigenvalue weighted by Crippen LogP contribution is -2.29. The Labute approximate surface area is 147 Å². The van der Waals surface area contributed by atoms with Crippen LogP contribution in [0.4, 0.5) is 4.39 Å². The van der Waals surface area contributed by atoms with E-state index in [1.807, 2.05) is 4.72 Å². The van der Waals surface area contributed by atoms with E-state index in [2.05, 4.69) is 15.9 Å². The van der Waals surface area contributed by atoms with Crippen molar-refractivity contribution < 1.29 is 22.3 Å². The van der Waals surface area contributed by atoms with Gasteiger partial charge in [0, 0.05) is 10.0 Å². The minimum absolute atomic E-state index is 0.00525. The average molecular weight is 414 g/mol. The number of hydrogen-bond acceptors (Lipinski definition) is 4. The van der Waals surface area contributed by atoms with Gasteiger partial charge in [-0.05, 0) is 46.3 Å². The maximum atomic E-state index is 13.0. The molecular weight excluding hydrogens is 401 g/mol. The van der Waals surface area contributed by atoms with Crippen LogP contribution in [0.1, 0.15) is 15.9 Å². The lowest BCUT2D eigenvalue weighted by Gasteiger charge is -2.06. The molecule has 0 atom stereocenters. The van der Waals surface area contributed by atoms with E-state index < -0.39 is 21.7 Å². The standard InChI is InChI=1S/C16H13BrFNO4S/c1-23-15-5-3-2-4-11(15)8-9-24(21,22)19-16(20)13-7-6-12(18)10-14(13)17/h2-10H,1H3,(H,19,20). The molecule has 0 spiro atoms. The molecular formula is C16H13BrFNO4S. The van der Waals surface area contributed by atoms with Crippen molar-refractivity contribution in [3.8, 4) is 5.75 Å². The normalized spacial score (nSPS) is 11.5. The zero-order valence-electron chi connectivity index (χ0n) is 12.5. The fourth-order valence-corrected chi connectivity index (χ4v) is 3.15. The van der Waals surface area contributed by atoms with Gasteiger partial charge in [-0.2, -0.15) is 0 Å². The van der Waals surface area contributed by atoms with Crippen molar-refractivity contribution in [2.75, 3.05) is 7.11 Å². The first-order valence-electron chi connectivity index (χ1n) is 6.66. The van der Waals surface area contributed by atoms with Crippen molar-refractivity contribution in [3.63, 3.8) is 0 Å². The first kappa shape index (κ1) is 18.2. The third-order valence-electron chi connectivity index (χ3n) is 2.98. The minimum atomic E-state index is -4.03. The third kappa shape index (κ3) is 4.65. The van der Waals surface area contributed by atoms with E-state index in [0.717, 1.165) is 17.5 Å². The molecule has 126 valence electrons. The van der Waals surface area contributed by atoms with Gasteiger partial charge in [-0.3, -0.25) is 4.79 Å². The van der Waals surface area contributed by atoms with Crippen LogP contribution in [-0.4, -0.2) is 21.4 Å². The van der Waals surface area contributed by atoms with Crippen LogP contribution >= 0.6 is 15.9 Å². The maximum absolute atomic E-state index is 13.0. The van der Waals surface area contributed by atoms with Gasteiger partial charge in [-0.15, -0.1) is 0 Å². The molecule has 0 aliphatic carbocycles. The lowest BCUT2D eigenvalue weighted by atomic mass is 10.2. The van der Waals surface area contributed by atoms with Crippen LogP contribution in [0.25, 0.3) is 6.08 Å². The third-order valence-corrected chi connectivity index (χ3v) is 4.60. The average Bonchev–Trinajstić information content (AvgIpc) is 2.52. The number of halogens is 2. The predicted octanol–water partition coefficient (Wildman–Crippen LogP) is 3.33. The van der Waals surface area contributed by atoms with Gasteiger partial charge in [0.2, 0.25) is 0 Å². The summed E-state index contributed by atoms with van der Waals surface area (Å²) in [6, 6.07) is 10.2. The molecule has 0 radical (unpaired) electrons. The lowest BCUT2D eigenvalue weighted by molar-refractivity contribution is 0.0981. The highest BCUT2D eigenvalue weighted by atomic mass is 79.9. The molecule has 1 amide bonds. The van der Waals surface area contributed by atoms with Gasteiger partial charge < -0.3 is 4.74 Å². The van der Waals surface area contributed by atoms with E-state index >= 15 is 0 Å². The van der Waals surface area contributed by atoms with E-state index in [1.54, 1.807) is 24.3 Å². The monoisotopic (exact) mass is 413 g/mol. The van der Waals surface area contributed by atoms with E-state index in [1.165, 1.54) is 19.3 Å². The largest absolute Gasteiger partial charge is 0.496 e. The van der Waals surface area contributed by atoms with E-state index in [0.29, 0.717) is 11.3 Å². The Balaban J connectivity index is 2.19. The van der Waals surface area contributed by atoms with Crippen LogP contribution < -0.4 is 9.46 Å². The van der Waals surface area contributed by atoms with E-state index in [9.17, 15) is 17.6 Å². The molecule has 5 nitrogen and oxygen atoms in total. The number of rotatable bonds is 5. The number of ether oxygens (including phenoxy) is 1. The summed E-state index contributed by atoms with van der Waals surface area (Å²) in [6.07, 6.45) is 1.31. The Kier molecular flexibility index (Phi) is 5.74. The Morgan fingerprint density at radius 3 is 2.62 bits per heavy atom. The predicted molar refractivity (Wildman–Crippen MR) is 92.5 cm³/mol. The quantitative estimate of drug-likeness (QED) is 0.815. The zero-order chi connectivity index (χ0) is 17.7. The Bertz CT molecular complexity index is 897. The molecule has 2 aromatic carbocycles. The SMILES string of the molecule is COc1ccccc1C=CS(=O)(=O)NC(=O)c1ccc(F)cc1Br. The highest BCUT2D eigenvalue weighted by Crippen LogP contribution is 2.20. The number of carbonyl (C=O) groups excluding carboxylic acids is 1. The first-order chi connectivity index (χ1) is 11.3. The van der Waals surface area contributed by atoms with Gasteiger partial charge in [0.15, 0.2) is 0 Å². The number of carbonyl (C=O) groups is 1. The van der Waals surface area contributed by atoms with Gasteiger partial charge in [0.05, 0.1) is 18.1 Å². The Morgan fingerprint density at radius 1 is 1.25 bits per heavy atom. The summed E-state index contributed by atoms with van der Waals surface area (Å²) in [5.74, 6) is -0.916. The summed E-state index contributed by atoms with van der Waals surface area (Å²) in [7, 11) is -2.56. The number of benzene rings is 2. The summed E-state index contributed by atoms with van der Waals surface area (Å²) in [4.78, 5) is 12.0. The highest BCUT2D eigenvalue weighted by molar-refractivity contribution is 9.10.